The van der Waals surface area contributed by atoms with Gasteiger partial charge in [-0.3, -0.25) is 10.00 Å². The topological polar surface area (TPSA) is 77.2 Å². The molecule has 2 N–H and O–H groups in total. The van der Waals surface area contributed by atoms with Crippen LogP contribution in [0.5, 0.6) is 0 Å². The van der Waals surface area contributed by atoms with Crippen LogP contribution in [-0.4, -0.2) is 57.2 Å². The molecule has 1 atom stereocenters. The van der Waals surface area contributed by atoms with Gasteiger partial charge in [0.05, 0.1) is 12.6 Å². The first kappa shape index (κ1) is 18.4. The van der Waals surface area contributed by atoms with Crippen molar-refractivity contribution < 1.29 is 4.79 Å². The second-order valence-corrected chi connectivity index (χ2v) is 6.95. The molecule has 1 saturated heterocycles. The molecule has 1 aliphatic heterocycles. The zero-order valence-corrected chi connectivity index (χ0v) is 15.8. The zero-order chi connectivity index (χ0) is 18.5. The molecule has 0 aliphatic carbocycles. The van der Waals surface area contributed by atoms with E-state index in [9.17, 15) is 4.79 Å². The van der Waals surface area contributed by atoms with Crippen molar-refractivity contribution in [2.45, 2.75) is 39.8 Å². The molecule has 1 aromatic carbocycles. The minimum absolute atomic E-state index is 0.0226. The monoisotopic (exact) mass is 356 g/mol. The van der Waals surface area contributed by atoms with Crippen LogP contribution in [0.1, 0.15) is 41.9 Å². The molecule has 7 heteroatoms. The first-order valence-electron chi connectivity index (χ1n) is 9.26. The lowest BCUT2D eigenvalue weighted by atomic mass is 9.99. The van der Waals surface area contributed by atoms with Gasteiger partial charge in [-0.15, -0.1) is 0 Å². The van der Waals surface area contributed by atoms with Crippen LogP contribution in [0.15, 0.2) is 24.5 Å². The standard InChI is InChI=1S/C19H28N6O/c1-4-17(16-6-5-14(2)15(3)11-16)22-19(26)25-9-7-24(8-10-25)12-18-20-13-21-23-18/h5-6,11,13,17H,4,7-10,12H2,1-3H3,(H,22,26)(H,20,21,23)/t17-/m0/s1. The van der Waals surface area contributed by atoms with Gasteiger partial charge in [0, 0.05) is 26.2 Å². The van der Waals surface area contributed by atoms with Crippen molar-refractivity contribution in [3.8, 4) is 0 Å². The van der Waals surface area contributed by atoms with Crippen LogP contribution in [0.2, 0.25) is 0 Å². The lowest BCUT2D eigenvalue weighted by Crippen LogP contribution is -2.52. The molecule has 1 aliphatic rings. The molecular formula is C19H28N6O. The highest BCUT2D eigenvalue weighted by Crippen LogP contribution is 2.20. The van der Waals surface area contributed by atoms with Crippen LogP contribution in [0.25, 0.3) is 0 Å². The third kappa shape index (κ3) is 4.40. The molecule has 2 aromatic rings. The maximum atomic E-state index is 12.7. The number of hydrogen-bond donors (Lipinski definition) is 2. The highest BCUT2D eigenvalue weighted by molar-refractivity contribution is 5.75. The Morgan fingerprint density at radius 2 is 2.00 bits per heavy atom. The van der Waals surface area contributed by atoms with E-state index in [-0.39, 0.29) is 12.1 Å². The number of hydrogen-bond acceptors (Lipinski definition) is 4. The van der Waals surface area contributed by atoms with Gasteiger partial charge in [0.2, 0.25) is 0 Å². The second kappa shape index (κ2) is 8.31. The predicted molar refractivity (Wildman–Crippen MR) is 101 cm³/mol. The highest BCUT2D eigenvalue weighted by Gasteiger charge is 2.23. The number of rotatable bonds is 5. The quantitative estimate of drug-likeness (QED) is 0.862. The number of urea groups is 1. The Labute approximate surface area is 154 Å². The lowest BCUT2D eigenvalue weighted by molar-refractivity contribution is 0.131. The largest absolute Gasteiger partial charge is 0.331 e. The van der Waals surface area contributed by atoms with E-state index in [4.69, 9.17) is 0 Å². The number of aromatic nitrogens is 3. The number of aromatic amines is 1. The van der Waals surface area contributed by atoms with Gasteiger partial charge in [-0.2, -0.15) is 5.10 Å². The summed E-state index contributed by atoms with van der Waals surface area (Å²) < 4.78 is 0. The number of piperazine rings is 1. The molecule has 0 bridgehead atoms. The summed E-state index contributed by atoms with van der Waals surface area (Å²) in [5, 5.41) is 9.96. The van der Waals surface area contributed by atoms with Crippen molar-refractivity contribution >= 4 is 6.03 Å². The third-order valence-electron chi connectivity index (χ3n) is 5.14. The van der Waals surface area contributed by atoms with E-state index in [2.05, 4.69) is 64.4 Å². The fourth-order valence-electron chi connectivity index (χ4n) is 3.27. The number of nitrogens with one attached hydrogen (secondary N) is 2. The van der Waals surface area contributed by atoms with E-state index >= 15 is 0 Å². The normalized spacial score (nSPS) is 16.5. The first-order valence-corrected chi connectivity index (χ1v) is 9.26. The maximum Gasteiger partial charge on any atom is 0.317 e. The summed E-state index contributed by atoms with van der Waals surface area (Å²) in [7, 11) is 0. The summed E-state index contributed by atoms with van der Waals surface area (Å²) in [5.41, 5.74) is 3.71. The van der Waals surface area contributed by atoms with E-state index in [1.165, 1.54) is 23.0 Å². The van der Waals surface area contributed by atoms with Crippen molar-refractivity contribution in [3.63, 3.8) is 0 Å². The van der Waals surface area contributed by atoms with Crippen molar-refractivity contribution in [3.05, 3.63) is 47.0 Å². The molecule has 1 aromatic heterocycles. The Hall–Kier alpha value is -2.41. The fourth-order valence-corrected chi connectivity index (χ4v) is 3.27. The van der Waals surface area contributed by atoms with Crippen molar-refractivity contribution in [1.29, 1.82) is 0 Å². The SMILES string of the molecule is CC[C@H](NC(=O)N1CCN(Cc2ncn[nH]2)CC1)c1ccc(C)c(C)c1. The summed E-state index contributed by atoms with van der Waals surface area (Å²) in [6.45, 7) is 10.2. The van der Waals surface area contributed by atoms with E-state index < -0.39 is 0 Å². The summed E-state index contributed by atoms with van der Waals surface area (Å²) in [6, 6.07) is 6.50. The average Bonchev–Trinajstić information content (AvgIpc) is 3.15. The predicted octanol–water partition coefficient (Wildman–Crippen LogP) is 2.40. The molecule has 1 fully saturated rings. The van der Waals surface area contributed by atoms with Crippen molar-refractivity contribution in [2.24, 2.45) is 0 Å². The average molecular weight is 356 g/mol. The number of carbonyl (C=O) groups is 1. The van der Waals surface area contributed by atoms with Gasteiger partial charge < -0.3 is 10.2 Å². The van der Waals surface area contributed by atoms with Crippen LogP contribution in [0.4, 0.5) is 4.79 Å². The molecule has 26 heavy (non-hydrogen) atoms. The summed E-state index contributed by atoms with van der Waals surface area (Å²) in [5.74, 6) is 0.865. The number of aryl methyl sites for hydroxylation is 2. The van der Waals surface area contributed by atoms with Crippen LogP contribution in [-0.2, 0) is 6.54 Å². The minimum Gasteiger partial charge on any atom is -0.331 e. The minimum atomic E-state index is 0.0226. The Kier molecular flexibility index (Phi) is 5.88. The number of nitrogens with zero attached hydrogens (tertiary/aromatic N) is 4. The van der Waals surface area contributed by atoms with Crippen LogP contribution >= 0.6 is 0 Å². The van der Waals surface area contributed by atoms with Crippen LogP contribution in [0.3, 0.4) is 0 Å². The fraction of sp³-hybridized carbons (Fsp3) is 0.526. The number of amides is 2. The molecule has 3 rings (SSSR count). The zero-order valence-electron chi connectivity index (χ0n) is 15.8. The van der Waals surface area contributed by atoms with Gasteiger partial charge in [0.15, 0.2) is 0 Å². The number of H-pyrrole nitrogens is 1. The Bertz CT molecular complexity index is 722. The molecule has 2 heterocycles. The van der Waals surface area contributed by atoms with E-state index in [0.29, 0.717) is 0 Å². The first-order chi connectivity index (χ1) is 12.6. The number of carbonyl (C=O) groups excluding carboxylic acids is 1. The smallest absolute Gasteiger partial charge is 0.317 e. The summed E-state index contributed by atoms with van der Waals surface area (Å²) >= 11 is 0. The Balaban J connectivity index is 1.53. The van der Waals surface area contributed by atoms with E-state index in [1.807, 2.05) is 4.90 Å². The Morgan fingerprint density at radius 3 is 2.62 bits per heavy atom. The molecule has 0 radical (unpaired) electrons. The molecule has 0 unspecified atom stereocenters. The molecule has 7 nitrogen and oxygen atoms in total. The maximum absolute atomic E-state index is 12.7. The van der Waals surface area contributed by atoms with E-state index in [0.717, 1.165) is 45.0 Å². The van der Waals surface area contributed by atoms with E-state index in [1.54, 1.807) is 0 Å². The van der Waals surface area contributed by atoms with Gasteiger partial charge in [0.25, 0.3) is 0 Å². The van der Waals surface area contributed by atoms with Gasteiger partial charge in [-0.05, 0) is 37.0 Å². The highest BCUT2D eigenvalue weighted by atomic mass is 16.2. The van der Waals surface area contributed by atoms with Crippen molar-refractivity contribution in [1.82, 2.24) is 30.3 Å². The van der Waals surface area contributed by atoms with Gasteiger partial charge >= 0.3 is 6.03 Å². The summed E-state index contributed by atoms with van der Waals surface area (Å²) in [6.07, 6.45) is 2.40. The molecule has 140 valence electrons. The van der Waals surface area contributed by atoms with Gasteiger partial charge in [-0.25, -0.2) is 9.78 Å². The molecular weight excluding hydrogens is 328 g/mol. The lowest BCUT2D eigenvalue weighted by Gasteiger charge is -2.35. The van der Waals surface area contributed by atoms with Crippen molar-refractivity contribution in [2.75, 3.05) is 26.2 Å². The second-order valence-electron chi connectivity index (χ2n) is 6.95. The Morgan fingerprint density at radius 1 is 1.23 bits per heavy atom. The molecule has 2 amide bonds. The van der Waals surface area contributed by atoms with Crippen LogP contribution in [0, 0.1) is 13.8 Å². The number of benzene rings is 1. The van der Waals surface area contributed by atoms with Gasteiger partial charge in [0.1, 0.15) is 12.2 Å². The molecule has 0 saturated carbocycles. The third-order valence-corrected chi connectivity index (χ3v) is 5.14. The molecule has 0 spiro atoms. The van der Waals surface area contributed by atoms with Crippen LogP contribution < -0.4 is 5.32 Å². The summed E-state index contributed by atoms with van der Waals surface area (Å²) in [4.78, 5) is 21.0. The van der Waals surface area contributed by atoms with Gasteiger partial charge in [-0.1, -0.05) is 25.1 Å².